The summed E-state index contributed by atoms with van der Waals surface area (Å²) in [6, 6.07) is 7.88. The molecule has 0 N–H and O–H groups in total. The molecule has 102 valence electrons. The number of carbonyl (C=O) groups excluding carboxylic acids is 1. The summed E-state index contributed by atoms with van der Waals surface area (Å²) in [6.07, 6.45) is 2.81. The Hall–Kier alpha value is -1.35. The predicted molar refractivity (Wildman–Crippen MR) is 76.2 cm³/mol. The molecule has 0 unspecified atom stereocenters. The van der Waals surface area contributed by atoms with E-state index in [1.165, 1.54) is 19.4 Å². The first-order chi connectivity index (χ1) is 9.24. The Kier molecular flexibility index (Phi) is 3.56. The summed E-state index contributed by atoms with van der Waals surface area (Å²) >= 11 is 0. The number of benzene rings is 1. The van der Waals surface area contributed by atoms with Gasteiger partial charge in [-0.3, -0.25) is 9.69 Å². The molecule has 1 heterocycles. The highest BCUT2D eigenvalue weighted by atomic mass is 16.2. The molecule has 1 aliphatic heterocycles. The third-order valence-electron chi connectivity index (χ3n) is 4.25. The maximum atomic E-state index is 12.5. The number of aryl methyl sites for hydroxylation is 1. The van der Waals surface area contributed by atoms with E-state index in [-0.39, 0.29) is 5.91 Å². The van der Waals surface area contributed by atoms with Crippen molar-refractivity contribution in [3.8, 4) is 0 Å². The van der Waals surface area contributed by atoms with Crippen LogP contribution in [-0.4, -0.2) is 48.4 Å². The monoisotopic (exact) mass is 258 g/mol. The largest absolute Gasteiger partial charge is 0.336 e. The van der Waals surface area contributed by atoms with Crippen LogP contribution in [-0.2, 0) is 0 Å². The fourth-order valence-corrected chi connectivity index (χ4v) is 2.78. The van der Waals surface area contributed by atoms with Crippen molar-refractivity contribution in [2.45, 2.75) is 19.8 Å². The highest BCUT2D eigenvalue weighted by Crippen LogP contribution is 2.30. The lowest BCUT2D eigenvalue weighted by molar-refractivity contribution is 0.0631. The molecule has 3 heteroatoms. The predicted octanol–water partition coefficient (Wildman–Crippen LogP) is 2.16. The van der Waals surface area contributed by atoms with Crippen molar-refractivity contribution in [2.24, 2.45) is 5.92 Å². The first kappa shape index (κ1) is 12.7. The summed E-state index contributed by atoms with van der Waals surface area (Å²) in [5.74, 6) is 1.14. The van der Waals surface area contributed by atoms with Gasteiger partial charge in [-0.05, 0) is 37.3 Å². The zero-order valence-corrected chi connectivity index (χ0v) is 11.6. The van der Waals surface area contributed by atoms with Crippen molar-refractivity contribution in [1.82, 2.24) is 9.80 Å². The molecule has 1 aromatic rings. The van der Waals surface area contributed by atoms with Gasteiger partial charge < -0.3 is 4.90 Å². The van der Waals surface area contributed by atoms with E-state index in [1.807, 2.05) is 36.1 Å². The Morgan fingerprint density at radius 1 is 1.16 bits per heavy atom. The maximum Gasteiger partial charge on any atom is 0.254 e. The lowest BCUT2D eigenvalue weighted by Crippen LogP contribution is -2.49. The first-order valence-corrected chi connectivity index (χ1v) is 7.31. The van der Waals surface area contributed by atoms with Crippen LogP contribution in [0.25, 0.3) is 0 Å². The van der Waals surface area contributed by atoms with Gasteiger partial charge >= 0.3 is 0 Å². The summed E-state index contributed by atoms with van der Waals surface area (Å²) in [6.45, 7) is 7.07. The molecule has 19 heavy (non-hydrogen) atoms. The van der Waals surface area contributed by atoms with Crippen LogP contribution in [0.4, 0.5) is 0 Å². The molecular formula is C16H22N2O. The van der Waals surface area contributed by atoms with Crippen LogP contribution < -0.4 is 0 Å². The summed E-state index contributed by atoms with van der Waals surface area (Å²) in [5.41, 5.74) is 1.94. The van der Waals surface area contributed by atoms with Crippen molar-refractivity contribution in [3.05, 3.63) is 35.4 Å². The molecule has 0 aromatic heterocycles. The lowest BCUT2D eigenvalue weighted by Gasteiger charge is -2.35. The quantitative estimate of drug-likeness (QED) is 0.829. The Labute approximate surface area is 115 Å². The minimum atomic E-state index is 0.198. The van der Waals surface area contributed by atoms with E-state index in [4.69, 9.17) is 0 Å². The SMILES string of the molecule is Cc1ccccc1C(=O)N1CCN(CC2CC2)CC1. The zero-order chi connectivity index (χ0) is 13.2. The van der Waals surface area contributed by atoms with Gasteiger partial charge in [-0.25, -0.2) is 0 Å². The van der Waals surface area contributed by atoms with E-state index < -0.39 is 0 Å². The van der Waals surface area contributed by atoms with E-state index in [0.717, 1.165) is 43.2 Å². The number of amides is 1. The van der Waals surface area contributed by atoms with Gasteiger partial charge in [0.05, 0.1) is 0 Å². The third-order valence-corrected chi connectivity index (χ3v) is 4.25. The van der Waals surface area contributed by atoms with Crippen molar-refractivity contribution < 1.29 is 4.79 Å². The summed E-state index contributed by atoms with van der Waals surface area (Å²) in [7, 11) is 0. The Bertz CT molecular complexity index is 460. The molecular weight excluding hydrogens is 236 g/mol. The molecule has 0 bridgehead atoms. The molecule has 1 saturated heterocycles. The van der Waals surface area contributed by atoms with E-state index in [1.54, 1.807) is 0 Å². The van der Waals surface area contributed by atoms with Gasteiger partial charge in [-0.1, -0.05) is 18.2 Å². The van der Waals surface area contributed by atoms with E-state index in [0.29, 0.717) is 0 Å². The maximum absolute atomic E-state index is 12.5. The molecule has 0 radical (unpaired) electrons. The van der Waals surface area contributed by atoms with Crippen LogP contribution >= 0.6 is 0 Å². The summed E-state index contributed by atoms with van der Waals surface area (Å²) in [4.78, 5) is 17.0. The van der Waals surface area contributed by atoms with Crippen LogP contribution in [0.5, 0.6) is 0 Å². The molecule has 2 aliphatic rings. The molecule has 1 saturated carbocycles. The van der Waals surface area contributed by atoms with Crippen LogP contribution in [0.1, 0.15) is 28.8 Å². The fraction of sp³-hybridized carbons (Fsp3) is 0.562. The highest BCUT2D eigenvalue weighted by Gasteiger charge is 2.28. The minimum absolute atomic E-state index is 0.198. The number of hydrogen-bond acceptors (Lipinski definition) is 2. The van der Waals surface area contributed by atoms with E-state index in [9.17, 15) is 4.79 Å². The fourth-order valence-electron chi connectivity index (χ4n) is 2.78. The number of carbonyl (C=O) groups is 1. The molecule has 0 atom stereocenters. The molecule has 1 aromatic carbocycles. The smallest absolute Gasteiger partial charge is 0.254 e. The average Bonchev–Trinajstić information content (AvgIpc) is 3.23. The highest BCUT2D eigenvalue weighted by molar-refractivity contribution is 5.95. The minimum Gasteiger partial charge on any atom is -0.336 e. The third kappa shape index (κ3) is 2.98. The molecule has 0 spiro atoms. The van der Waals surface area contributed by atoms with Crippen LogP contribution in [0.2, 0.25) is 0 Å². The second-order valence-electron chi connectivity index (χ2n) is 5.85. The van der Waals surface area contributed by atoms with Crippen molar-refractivity contribution in [3.63, 3.8) is 0 Å². The van der Waals surface area contributed by atoms with Gasteiger partial charge in [0, 0.05) is 38.3 Å². The van der Waals surface area contributed by atoms with Gasteiger partial charge in [0.15, 0.2) is 0 Å². The number of hydrogen-bond donors (Lipinski definition) is 0. The van der Waals surface area contributed by atoms with Crippen molar-refractivity contribution in [2.75, 3.05) is 32.7 Å². The lowest BCUT2D eigenvalue weighted by atomic mass is 10.1. The van der Waals surface area contributed by atoms with Gasteiger partial charge in [0.25, 0.3) is 5.91 Å². The normalized spacial score (nSPS) is 20.6. The van der Waals surface area contributed by atoms with Crippen LogP contribution in [0.15, 0.2) is 24.3 Å². The molecule has 3 nitrogen and oxygen atoms in total. The van der Waals surface area contributed by atoms with Crippen molar-refractivity contribution >= 4 is 5.91 Å². The van der Waals surface area contributed by atoms with Crippen LogP contribution in [0.3, 0.4) is 0 Å². The zero-order valence-electron chi connectivity index (χ0n) is 11.6. The Morgan fingerprint density at radius 2 is 1.84 bits per heavy atom. The van der Waals surface area contributed by atoms with Gasteiger partial charge in [-0.15, -0.1) is 0 Å². The Morgan fingerprint density at radius 3 is 2.47 bits per heavy atom. The molecule has 1 amide bonds. The Balaban J connectivity index is 1.58. The first-order valence-electron chi connectivity index (χ1n) is 7.31. The molecule has 1 aliphatic carbocycles. The topological polar surface area (TPSA) is 23.6 Å². The van der Waals surface area contributed by atoms with Gasteiger partial charge in [0.2, 0.25) is 0 Å². The van der Waals surface area contributed by atoms with Gasteiger partial charge in [-0.2, -0.15) is 0 Å². The number of rotatable bonds is 3. The van der Waals surface area contributed by atoms with Crippen molar-refractivity contribution in [1.29, 1.82) is 0 Å². The molecule has 3 rings (SSSR count). The average molecular weight is 258 g/mol. The second-order valence-corrected chi connectivity index (χ2v) is 5.85. The van der Waals surface area contributed by atoms with Crippen LogP contribution in [0, 0.1) is 12.8 Å². The standard InChI is InChI=1S/C16H22N2O/c1-13-4-2-3-5-15(13)16(19)18-10-8-17(9-11-18)12-14-6-7-14/h2-5,14H,6-12H2,1H3. The molecule has 2 fully saturated rings. The number of nitrogens with zero attached hydrogens (tertiary/aromatic N) is 2. The van der Waals surface area contributed by atoms with E-state index >= 15 is 0 Å². The number of piperazine rings is 1. The summed E-state index contributed by atoms with van der Waals surface area (Å²) in [5, 5.41) is 0. The van der Waals surface area contributed by atoms with Gasteiger partial charge in [0.1, 0.15) is 0 Å². The van der Waals surface area contributed by atoms with E-state index in [2.05, 4.69) is 4.90 Å². The summed E-state index contributed by atoms with van der Waals surface area (Å²) < 4.78 is 0. The second kappa shape index (κ2) is 5.33.